The van der Waals surface area contributed by atoms with E-state index in [1.165, 1.54) is 4.90 Å². The number of nitrogens with two attached hydrogens (primary N) is 1. The van der Waals surface area contributed by atoms with Gasteiger partial charge in [-0.3, -0.25) is 0 Å². The Morgan fingerprint density at radius 1 is 1.21 bits per heavy atom. The van der Waals surface area contributed by atoms with Crippen molar-refractivity contribution in [3.05, 3.63) is 30.3 Å². The normalized spacial score (nSPS) is 14.0. The lowest BCUT2D eigenvalue weighted by Gasteiger charge is -2.26. The van der Waals surface area contributed by atoms with E-state index in [0.29, 0.717) is 0 Å². The zero-order valence-electron chi connectivity index (χ0n) is 9.16. The average Bonchev–Trinajstić information content (AvgIpc) is 2.14. The molecule has 1 nitrogen and oxygen atoms in total. The van der Waals surface area contributed by atoms with Crippen LogP contribution < -0.4 is 5.73 Å². The van der Waals surface area contributed by atoms with E-state index in [-0.39, 0.29) is 11.5 Å². The molecule has 0 aliphatic heterocycles. The minimum Gasteiger partial charge on any atom is -0.326 e. The van der Waals surface area contributed by atoms with E-state index in [2.05, 4.69) is 45.0 Å². The largest absolute Gasteiger partial charge is 0.326 e. The van der Waals surface area contributed by atoms with Gasteiger partial charge in [0.2, 0.25) is 0 Å². The van der Waals surface area contributed by atoms with Crippen molar-refractivity contribution in [3.8, 4) is 0 Å². The molecule has 0 aliphatic rings. The van der Waals surface area contributed by atoms with Gasteiger partial charge >= 0.3 is 0 Å². The van der Waals surface area contributed by atoms with Crippen molar-refractivity contribution >= 4 is 11.8 Å². The van der Waals surface area contributed by atoms with E-state index in [1.54, 1.807) is 0 Å². The molecule has 14 heavy (non-hydrogen) atoms. The molecule has 0 amide bonds. The van der Waals surface area contributed by atoms with Crippen molar-refractivity contribution in [2.75, 3.05) is 5.75 Å². The number of benzene rings is 1. The molecule has 1 atom stereocenters. The van der Waals surface area contributed by atoms with Crippen LogP contribution in [0.3, 0.4) is 0 Å². The molecule has 0 fully saturated rings. The van der Waals surface area contributed by atoms with Gasteiger partial charge < -0.3 is 5.73 Å². The van der Waals surface area contributed by atoms with Gasteiger partial charge in [0.15, 0.2) is 0 Å². The van der Waals surface area contributed by atoms with Crippen LogP contribution in [-0.4, -0.2) is 11.8 Å². The van der Waals surface area contributed by atoms with E-state index in [4.69, 9.17) is 5.73 Å². The average molecular weight is 209 g/mol. The Bertz CT molecular complexity index is 263. The van der Waals surface area contributed by atoms with Gasteiger partial charge in [0.1, 0.15) is 0 Å². The molecule has 2 N–H and O–H groups in total. The summed E-state index contributed by atoms with van der Waals surface area (Å²) in [6, 6.07) is 10.6. The first-order valence-electron chi connectivity index (χ1n) is 4.93. The standard InChI is InChI=1S/C12H19NS/c1-12(2,3)11(13)9-14-10-7-5-4-6-8-10/h4-8,11H,9,13H2,1-3H3. The maximum atomic E-state index is 6.08. The second-order valence-electron chi connectivity index (χ2n) is 4.60. The van der Waals surface area contributed by atoms with Crippen molar-refractivity contribution in [2.24, 2.45) is 11.1 Å². The molecule has 2 heteroatoms. The summed E-state index contributed by atoms with van der Waals surface area (Å²) in [5.41, 5.74) is 6.27. The first-order valence-corrected chi connectivity index (χ1v) is 5.92. The van der Waals surface area contributed by atoms with E-state index in [0.717, 1.165) is 5.75 Å². The number of hydrogen-bond donors (Lipinski definition) is 1. The molecule has 0 bridgehead atoms. The van der Waals surface area contributed by atoms with Crippen molar-refractivity contribution in [1.82, 2.24) is 0 Å². The number of thioether (sulfide) groups is 1. The van der Waals surface area contributed by atoms with Crippen LogP contribution in [0.2, 0.25) is 0 Å². The van der Waals surface area contributed by atoms with Crippen LogP contribution in [-0.2, 0) is 0 Å². The minimum atomic E-state index is 0.196. The zero-order chi connectivity index (χ0) is 10.6. The van der Waals surface area contributed by atoms with Crippen LogP contribution in [0.5, 0.6) is 0 Å². The Balaban J connectivity index is 2.42. The molecule has 0 radical (unpaired) electrons. The molecule has 0 saturated heterocycles. The van der Waals surface area contributed by atoms with Gasteiger partial charge in [0.25, 0.3) is 0 Å². The third-order valence-corrected chi connectivity index (χ3v) is 3.42. The summed E-state index contributed by atoms with van der Waals surface area (Å²) in [6.45, 7) is 6.55. The summed E-state index contributed by atoms with van der Waals surface area (Å²) in [5.74, 6) is 0.980. The maximum absolute atomic E-state index is 6.08. The lowest BCUT2D eigenvalue weighted by molar-refractivity contribution is 0.344. The molecule has 78 valence electrons. The molecule has 1 aromatic carbocycles. The van der Waals surface area contributed by atoms with Crippen LogP contribution in [0.15, 0.2) is 35.2 Å². The Morgan fingerprint density at radius 3 is 2.29 bits per heavy atom. The van der Waals surface area contributed by atoms with Gasteiger partial charge in [0, 0.05) is 16.7 Å². The van der Waals surface area contributed by atoms with Gasteiger partial charge in [-0.1, -0.05) is 39.0 Å². The third kappa shape index (κ3) is 3.72. The van der Waals surface area contributed by atoms with Crippen molar-refractivity contribution in [2.45, 2.75) is 31.7 Å². The summed E-state index contributed by atoms with van der Waals surface area (Å²) < 4.78 is 0. The zero-order valence-corrected chi connectivity index (χ0v) is 9.97. The molecular formula is C12H19NS. The van der Waals surface area contributed by atoms with E-state index in [1.807, 2.05) is 17.8 Å². The Kier molecular flexibility index (Phi) is 4.02. The highest BCUT2D eigenvalue weighted by molar-refractivity contribution is 7.99. The molecule has 0 aromatic heterocycles. The third-order valence-electron chi connectivity index (χ3n) is 2.29. The van der Waals surface area contributed by atoms with Crippen LogP contribution in [0.1, 0.15) is 20.8 Å². The molecular weight excluding hydrogens is 190 g/mol. The van der Waals surface area contributed by atoms with Crippen LogP contribution in [0, 0.1) is 5.41 Å². The van der Waals surface area contributed by atoms with E-state index < -0.39 is 0 Å². The van der Waals surface area contributed by atoms with Crippen molar-refractivity contribution < 1.29 is 0 Å². The predicted molar refractivity (Wildman–Crippen MR) is 64.6 cm³/mol. The number of rotatable bonds is 3. The first kappa shape index (κ1) is 11.6. The van der Waals surface area contributed by atoms with Gasteiger partial charge in [-0.25, -0.2) is 0 Å². The lowest BCUT2D eigenvalue weighted by atomic mass is 9.89. The van der Waals surface area contributed by atoms with E-state index in [9.17, 15) is 0 Å². The Hall–Kier alpha value is -0.470. The Labute approximate surface area is 91.1 Å². The van der Waals surface area contributed by atoms with Crippen LogP contribution >= 0.6 is 11.8 Å². The number of hydrogen-bond acceptors (Lipinski definition) is 2. The molecule has 0 heterocycles. The monoisotopic (exact) mass is 209 g/mol. The van der Waals surface area contributed by atoms with Gasteiger partial charge in [0.05, 0.1) is 0 Å². The molecule has 0 saturated carbocycles. The molecule has 0 aliphatic carbocycles. The minimum absolute atomic E-state index is 0.196. The van der Waals surface area contributed by atoms with E-state index >= 15 is 0 Å². The fraction of sp³-hybridized carbons (Fsp3) is 0.500. The highest BCUT2D eigenvalue weighted by Gasteiger charge is 2.20. The fourth-order valence-corrected chi connectivity index (χ4v) is 2.17. The molecule has 1 rings (SSSR count). The summed E-state index contributed by atoms with van der Waals surface area (Å²) >= 11 is 1.83. The summed E-state index contributed by atoms with van der Waals surface area (Å²) in [7, 11) is 0. The summed E-state index contributed by atoms with van der Waals surface area (Å²) in [5, 5.41) is 0. The van der Waals surface area contributed by atoms with Crippen molar-refractivity contribution in [3.63, 3.8) is 0 Å². The first-order chi connectivity index (χ1) is 6.50. The Morgan fingerprint density at radius 2 is 1.79 bits per heavy atom. The molecule has 0 spiro atoms. The highest BCUT2D eigenvalue weighted by Crippen LogP contribution is 2.24. The topological polar surface area (TPSA) is 26.0 Å². The van der Waals surface area contributed by atoms with Crippen LogP contribution in [0.4, 0.5) is 0 Å². The SMILES string of the molecule is CC(C)(C)C(N)CSc1ccccc1. The second kappa shape index (κ2) is 4.85. The second-order valence-corrected chi connectivity index (χ2v) is 5.69. The van der Waals surface area contributed by atoms with Crippen LogP contribution in [0.25, 0.3) is 0 Å². The molecule has 1 aromatic rings. The van der Waals surface area contributed by atoms with Crippen molar-refractivity contribution in [1.29, 1.82) is 0 Å². The lowest BCUT2D eigenvalue weighted by Crippen LogP contribution is -2.37. The van der Waals surface area contributed by atoms with Gasteiger partial charge in [-0.05, 0) is 17.5 Å². The van der Waals surface area contributed by atoms with Gasteiger partial charge in [-0.2, -0.15) is 0 Å². The quantitative estimate of drug-likeness (QED) is 0.774. The fourth-order valence-electron chi connectivity index (χ4n) is 0.953. The smallest absolute Gasteiger partial charge is 0.0183 e. The highest BCUT2D eigenvalue weighted by atomic mass is 32.2. The molecule has 1 unspecified atom stereocenters. The summed E-state index contributed by atoms with van der Waals surface area (Å²) in [4.78, 5) is 1.30. The maximum Gasteiger partial charge on any atom is 0.0183 e. The van der Waals surface area contributed by atoms with Gasteiger partial charge in [-0.15, -0.1) is 11.8 Å². The summed E-state index contributed by atoms with van der Waals surface area (Å²) in [6.07, 6.45) is 0. The predicted octanol–water partition coefficient (Wildman–Crippen LogP) is 3.15.